The SMILES string of the molecule is C=CCn1cnnc1S[C@@H](C)C(=O)Nc1cccc(C#N)c1. The Kier molecular flexibility index (Phi) is 5.33. The van der Waals surface area contributed by atoms with Crippen LogP contribution in [0.2, 0.25) is 0 Å². The van der Waals surface area contributed by atoms with Gasteiger partial charge >= 0.3 is 0 Å². The Bertz CT molecular complexity index is 719. The Hall–Kier alpha value is -2.59. The Morgan fingerprint density at radius 2 is 2.45 bits per heavy atom. The average Bonchev–Trinajstić information content (AvgIpc) is 2.95. The molecule has 0 aliphatic carbocycles. The Balaban J connectivity index is 2.01. The molecule has 0 spiro atoms. The van der Waals surface area contributed by atoms with E-state index in [0.717, 1.165) is 0 Å². The van der Waals surface area contributed by atoms with Gasteiger partial charge in [-0.05, 0) is 25.1 Å². The molecule has 1 atom stereocenters. The molecular formula is C15H15N5OS. The highest BCUT2D eigenvalue weighted by atomic mass is 32.2. The number of nitriles is 1. The lowest BCUT2D eigenvalue weighted by Crippen LogP contribution is -2.23. The van der Waals surface area contributed by atoms with Crippen molar-refractivity contribution in [1.29, 1.82) is 5.26 Å². The largest absolute Gasteiger partial charge is 0.325 e. The molecular weight excluding hydrogens is 298 g/mol. The molecule has 2 aromatic rings. The molecule has 0 radical (unpaired) electrons. The molecule has 1 aromatic carbocycles. The summed E-state index contributed by atoms with van der Waals surface area (Å²) in [6.07, 6.45) is 3.34. The van der Waals surface area contributed by atoms with Gasteiger partial charge in [0.05, 0.1) is 16.9 Å². The second kappa shape index (κ2) is 7.43. The van der Waals surface area contributed by atoms with Gasteiger partial charge in [-0.3, -0.25) is 4.79 Å². The average molecular weight is 313 g/mol. The summed E-state index contributed by atoms with van der Waals surface area (Å²) in [5.41, 5.74) is 1.10. The van der Waals surface area contributed by atoms with Gasteiger partial charge in [0, 0.05) is 12.2 Å². The molecule has 0 fully saturated rings. The molecule has 1 amide bonds. The molecule has 6 nitrogen and oxygen atoms in total. The molecule has 1 aromatic heterocycles. The monoisotopic (exact) mass is 313 g/mol. The van der Waals surface area contributed by atoms with Crippen LogP contribution in [0.1, 0.15) is 12.5 Å². The smallest absolute Gasteiger partial charge is 0.237 e. The molecule has 0 aliphatic heterocycles. The fraction of sp³-hybridized carbons (Fsp3) is 0.200. The van der Waals surface area contributed by atoms with Gasteiger partial charge < -0.3 is 9.88 Å². The molecule has 112 valence electrons. The van der Waals surface area contributed by atoms with Crippen molar-refractivity contribution in [2.75, 3.05) is 5.32 Å². The van der Waals surface area contributed by atoms with Gasteiger partial charge in [-0.15, -0.1) is 16.8 Å². The number of rotatable bonds is 6. The minimum atomic E-state index is -0.349. The van der Waals surface area contributed by atoms with E-state index in [1.807, 2.05) is 10.6 Å². The lowest BCUT2D eigenvalue weighted by Gasteiger charge is -2.12. The molecule has 2 rings (SSSR count). The predicted molar refractivity (Wildman–Crippen MR) is 85.3 cm³/mol. The van der Waals surface area contributed by atoms with Gasteiger partial charge in [-0.1, -0.05) is 23.9 Å². The zero-order chi connectivity index (χ0) is 15.9. The van der Waals surface area contributed by atoms with E-state index >= 15 is 0 Å². The summed E-state index contributed by atoms with van der Waals surface area (Å²) in [6, 6.07) is 8.84. The zero-order valence-electron chi connectivity index (χ0n) is 12.1. The van der Waals surface area contributed by atoms with Crippen LogP contribution in [0.4, 0.5) is 5.69 Å². The number of allylic oxidation sites excluding steroid dienone is 1. The Labute approximate surface area is 132 Å². The van der Waals surface area contributed by atoms with Gasteiger partial charge in [0.25, 0.3) is 0 Å². The van der Waals surface area contributed by atoms with Crippen LogP contribution < -0.4 is 5.32 Å². The summed E-state index contributed by atoms with van der Waals surface area (Å²) in [7, 11) is 0. The highest BCUT2D eigenvalue weighted by molar-refractivity contribution is 8.00. The molecule has 7 heteroatoms. The van der Waals surface area contributed by atoms with Crippen LogP contribution in [0.3, 0.4) is 0 Å². The fourth-order valence-electron chi connectivity index (χ4n) is 1.72. The molecule has 0 bridgehead atoms. The maximum atomic E-state index is 12.2. The van der Waals surface area contributed by atoms with E-state index in [1.165, 1.54) is 11.8 Å². The minimum absolute atomic E-state index is 0.159. The number of carbonyl (C=O) groups excluding carboxylic acids is 1. The Morgan fingerprint density at radius 3 is 3.18 bits per heavy atom. The van der Waals surface area contributed by atoms with Crippen LogP contribution in [0.25, 0.3) is 0 Å². The first-order valence-corrected chi connectivity index (χ1v) is 7.48. The molecule has 1 heterocycles. The van der Waals surface area contributed by atoms with Crippen LogP contribution in [-0.4, -0.2) is 25.9 Å². The van der Waals surface area contributed by atoms with Crippen molar-refractivity contribution in [3.8, 4) is 6.07 Å². The third-order valence-electron chi connectivity index (χ3n) is 2.82. The third-order valence-corrected chi connectivity index (χ3v) is 3.91. The number of benzene rings is 1. The summed E-state index contributed by atoms with van der Waals surface area (Å²) in [5, 5.41) is 19.8. The highest BCUT2D eigenvalue weighted by Crippen LogP contribution is 2.22. The molecule has 0 unspecified atom stereocenters. The van der Waals surface area contributed by atoms with Crippen molar-refractivity contribution < 1.29 is 4.79 Å². The number of thioether (sulfide) groups is 1. The summed E-state index contributed by atoms with van der Waals surface area (Å²) in [6.45, 7) is 6.06. The van der Waals surface area contributed by atoms with E-state index in [2.05, 4.69) is 22.1 Å². The number of hydrogen-bond acceptors (Lipinski definition) is 5. The number of nitrogens with zero attached hydrogens (tertiary/aromatic N) is 4. The molecule has 22 heavy (non-hydrogen) atoms. The standard InChI is InChI=1S/C15H15N5OS/c1-3-7-20-10-17-19-15(20)22-11(2)14(21)18-13-6-4-5-12(8-13)9-16/h3-6,8,10-11H,1,7H2,2H3,(H,18,21)/t11-/m0/s1. The molecule has 0 saturated heterocycles. The first-order chi connectivity index (χ1) is 10.6. The quantitative estimate of drug-likeness (QED) is 0.654. The summed E-state index contributed by atoms with van der Waals surface area (Å²) >= 11 is 1.32. The fourth-order valence-corrected chi connectivity index (χ4v) is 2.56. The van der Waals surface area contributed by atoms with Gasteiger partial charge in [0.15, 0.2) is 5.16 Å². The lowest BCUT2D eigenvalue weighted by atomic mass is 10.2. The number of aromatic nitrogens is 3. The van der Waals surface area contributed by atoms with E-state index < -0.39 is 0 Å². The number of carbonyl (C=O) groups is 1. The first kappa shape index (κ1) is 15.8. The van der Waals surface area contributed by atoms with E-state index in [-0.39, 0.29) is 11.2 Å². The predicted octanol–water partition coefficient (Wildman–Crippen LogP) is 2.46. The van der Waals surface area contributed by atoms with Gasteiger partial charge in [0.1, 0.15) is 6.33 Å². The van der Waals surface area contributed by atoms with E-state index in [4.69, 9.17) is 5.26 Å². The van der Waals surface area contributed by atoms with Crippen molar-refractivity contribution >= 4 is 23.4 Å². The van der Waals surface area contributed by atoms with Crippen LogP contribution in [0, 0.1) is 11.3 Å². The molecule has 1 N–H and O–H groups in total. The van der Waals surface area contributed by atoms with Crippen LogP contribution in [0.15, 0.2) is 48.4 Å². The van der Waals surface area contributed by atoms with Gasteiger partial charge in [-0.2, -0.15) is 5.26 Å². The normalized spacial score (nSPS) is 11.5. The summed E-state index contributed by atoms with van der Waals surface area (Å²) in [4.78, 5) is 12.2. The molecule has 0 aliphatic rings. The van der Waals surface area contributed by atoms with E-state index in [1.54, 1.807) is 43.6 Å². The highest BCUT2D eigenvalue weighted by Gasteiger charge is 2.17. The topological polar surface area (TPSA) is 83.6 Å². The number of amides is 1. The maximum absolute atomic E-state index is 12.2. The second-order valence-corrected chi connectivity index (χ2v) is 5.80. The maximum Gasteiger partial charge on any atom is 0.237 e. The third kappa shape index (κ3) is 3.96. The van der Waals surface area contributed by atoms with E-state index in [9.17, 15) is 4.79 Å². The zero-order valence-corrected chi connectivity index (χ0v) is 12.9. The number of nitrogens with one attached hydrogen (secondary N) is 1. The van der Waals surface area contributed by atoms with Crippen LogP contribution >= 0.6 is 11.8 Å². The van der Waals surface area contributed by atoms with Crippen LogP contribution in [0.5, 0.6) is 0 Å². The molecule has 0 saturated carbocycles. The van der Waals surface area contributed by atoms with Crippen molar-refractivity contribution in [3.05, 3.63) is 48.8 Å². The number of hydrogen-bond donors (Lipinski definition) is 1. The second-order valence-electron chi connectivity index (χ2n) is 4.50. The Morgan fingerprint density at radius 1 is 1.64 bits per heavy atom. The minimum Gasteiger partial charge on any atom is -0.325 e. The van der Waals surface area contributed by atoms with Crippen LogP contribution in [-0.2, 0) is 11.3 Å². The van der Waals surface area contributed by atoms with Crippen molar-refractivity contribution in [3.63, 3.8) is 0 Å². The summed E-state index contributed by atoms with van der Waals surface area (Å²) in [5.74, 6) is -0.159. The van der Waals surface area contributed by atoms with E-state index in [0.29, 0.717) is 23.0 Å². The summed E-state index contributed by atoms with van der Waals surface area (Å²) < 4.78 is 1.82. The van der Waals surface area contributed by atoms with Crippen molar-refractivity contribution in [1.82, 2.24) is 14.8 Å². The first-order valence-electron chi connectivity index (χ1n) is 6.60. The van der Waals surface area contributed by atoms with Gasteiger partial charge in [-0.25, -0.2) is 0 Å². The lowest BCUT2D eigenvalue weighted by molar-refractivity contribution is -0.115. The van der Waals surface area contributed by atoms with Crippen molar-refractivity contribution in [2.45, 2.75) is 23.9 Å². The number of anilines is 1. The van der Waals surface area contributed by atoms with Crippen molar-refractivity contribution in [2.24, 2.45) is 0 Å². The van der Waals surface area contributed by atoms with Gasteiger partial charge in [0.2, 0.25) is 5.91 Å².